The van der Waals surface area contributed by atoms with Crippen LogP contribution < -0.4 is 4.90 Å². The number of hydrogen-bond donors (Lipinski definition) is 1. The summed E-state index contributed by atoms with van der Waals surface area (Å²) in [6, 6.07) is 7.32. The summed E-state index contributed by atoms with van der Waals surface area (Å²) >= 11 is 0. The van der Waals surface area contributed by atoms with E-state index in [2.05, 4.69) is 6.92 Å². The Morgan fingerprint density at radius 1 is 1.27 bits per heavy atom. The molecule has 1 aromatic rings. The van der Waals surface area contributed by atoms with Gasteiger partial charge < -0.3 is 19.6 Å². The van der Waals surface area contributed by atoms with Crippen molar-refractivity contribution < 1.29 is 24.2 Å². The van der Waals surface area contributed by atoms with Crippen molar-refractivity contribution in [1.29, 1.82) is 0 Å². The first-order chi connectivity index (χ1) is 12.5. The Kier molecular flexibility index (Phi) is 5.56. The number of benzene rings is 1. The second-order valence-electron chi connectivity index (χ2n) is 6.78. The van der Waals surface area contributed by atoms with Crippen LogP contribution in [0, 0.1) is 5.92 Å². The topological polar surface area (TPSA) is 87.2 Å². The number of nitrogens with zero attached hydrogens (tertiary/aromatic N) is 2. The summed E-state index contributed by atoms with van der Waals surface area (Å²) < 4.78 is 5.32. The van der Waals surface area contributed by atoms with Crippen LogP contribution in [0.3, 0.4) is 0 Å². The third kappa shape index (κ3) is 3.88. The fourth-order valence-corrected chi connectivity index (χ4v) is 3.58. The summed E-state index contributed by atoms with van der Waals surface area (Å²) in [4.78, 5) is 39.6. The van der Waals surface area contributed by atoms with Crippen molar-refractivity contribution >= 4 is 23.5 Å². The first-order valence-corrected chi connectivity index (χ1v) is 8.99. The Morgan fingerprint density at radius 2 is 2.00 bits per heavy atom. The number of aryl methyl sites for hydroxylation is 1. The third-order valence-corrected chi connectivity index (χ3v) is 5.05. The maximum atomic E-state index is 12.9. The van der Waals surface area contributed by atoms with E-state index in [9.17, 15) is 14.4 Å². The zero-order valence-corrected chi connectivity index (χ0v) is 14.9. The number of carboxylic acids is 1. The van der Waals surface area contributed by atoms with E-state index in [1.54, 1.807) is 9.80 Å². The van der Waals surface area contributed by atoms with Crippen molar-refractivity contribution in [3.63, 3.8) is 0 Å². The maximum Gasteiger partial charge on any atom is 0.305 e. The van der Waals surface area contributed by atoms with Crippen molar-refractivity contribution in [2.45, 2.75) is 32.2 Å². The number of carbonyl (C=O) groups excluding carboxylic acids is 2. The Labute approximate surface area is 152 Å². The lowest BCUT2D eigenvalue weighted by Gasteiger charge is -2.36. The number of anilines is 1. The number of aliphatic carboxylic acids is 1. The zero-order valence-electron chi connectivity index (χ0n) is 14.9. The molecule has 140 valence electrons. The second-order valence-corrected chi connectivity index (χ2v) is 6.78. The van der Waals surface area contributed by atoms with Gasteiger partial charge in [0.05, 0.1) is 31.6 Å². The van der Waals surface area contributed by atoms with Crippen LogP contribution in [0.2, 0.25) is 0 Å². The summed E-state index contributed by atoms with van der Waals surface area (Å²) in [6.07, 6.45) is 0.942. The molecule has 7 nitrogen and oxygen atoms in total. The molecule has 0 spiro atoms. The lowest BCUT2D eigenvalue weighted by Crippen LogP contribution is -2.51. The van der Waals surface area contributed by atoms with Gasteiger partial charge in [-0.15, -0.1) is 0 Å². The maximum absolute atomic E-state index is 12.9. The number of hydrogen-bond acceptors (Lipinski definition) is 4. The normalized spacial score (nSPS) is 23.3. The minimum atomic E-state index is -0.960. The number of carbonyl (C=O) groups is 3. The zero-order chi connectivity index (χ0) is 18.7. The number of amides is 2. The summed E-state index contributed by atoms with van der Waals surface area (Å²) in [5.41, 5.74) is 1.99. The summed E-state index contributed by atoms with van der Waals surface area (Å²) in [7, 11) is 0. The molecule has 0 aromatic heterocycles. The van der Waals surface area contributed by atoms with Gasteiger partial charge in [0.25, 0.3) is 0 Å². The molecule has 2 unspecified atom stereocenters. The van der Waals surface area contributed by atoms with E-state index in [1.165, 1.54) is 5.56 Å². The Bertz CT molecular complexity index is 688. The molecule has 3 rings (SSSR count). The first-order valence-electron chi connectivity index (χ1n) is 8.99. The molecule has 2 heterocycles. The lowest BCUT2D eigenvalue weighted by molar-refractivity contribution is -0.149. The molecule has 1 aromatic carbocycles. The van der Waals surface area contributed by atoms with Gasteiger partial charge in [-0.25, -0.2) is 0 Å². The van der Waals surface area contributed by atoms with Crippen LogP contribution in [0.25, 0.3) is 0 Å². The molecule has 0 radical (unpaired) electrons. The summed E-state index contributed by atoms with van der Waals surface area (Å²) in [5.74, 6) is -1.63. The molecular weight excluding hydrogens is 336 g/mol. The largest absolute Gasteiger partial charge is 0.481 e. The molecule has 2 aliphatic rings. The van der Waals surface area contributed by atoms with Gasteiger partial charge >= 0.3 is 5.97 Å². The summed E-state index contributed by atoms with van der Waals surface area (Å²) in [6.45, 7) is 3.39. The van der Waals surface area contributed by atoms with Crippen molar-refractivity contribution in [2.75, 3.05) is 31.2 Å². The van der Waals surface area contributed by atoms with Crippen LogP contribution >= 0.6 is 0 Å². The summed E-state index contributed by atoms with van der Waals surface area (Å²) in [5, 5.41) is 9.05. The van der Waals surface area contributed by atoms with Crippen molar-refractivity contribution in [2.24, 2.45) is 5.92 Å². The van der Waals surface area contributed by atoms with Crippen LogP contribution in [0.1, 0.15) is 25.3 Å². The quantitative estimate of drug-likeness (QED) is 0.855. The minimum Gasteiger partial charge on any atom is -0.481 e. The number of morpholine rings is 1. The Morgan fingerprint density at radius 3 is 2.65 bits per heavy atom. The Balaban J connectivity index is 1.70. The molecule has 2 aliphatic heterocycles. The van der Waals surface area contributed by atoms with E-state index in [-0.39, 0.29) is 31.3 Å². The average molecular weight is 360 g/mol. The standard InChI is InChI=1S/C19H24N2O5/c1-2-13-3-5-15(6-4-13)21-11-14(9-17(21)22)19(25)20-7-8-26-12-16(20)10-18(23)24/h3-6,14,16H,2,7-12H2,1H3,(H,23,24). The molecular formula is C19H24N2O5. The Hall–Kier alpha value is -2.41. The van der Waals surface area contributed by atoms with Gasteiger partial charge in [-0.05, 0) is 24.1 Å². The fraction of sp³-hybridized carbons (Fsp3) is 0.526. The highest BCUT2D eigenvalue weighted by molar-refractivity contribution is 6.00. The van der Waals surface area contributed by atoms with Gasteiger partial charge in [0.1, 0.15) is 0 Å². The van der Waals surface area contributed by atoms with Gasteiger partial charge in [0.15, 0.2) is 0 Å². The second kappa shape index (κ2) is 7.86. The number of carboxylic acid groups (broad SMARTS) is 1. The van der Waals surface area contributed by atoms with Crippen LogP contribution in [-0.2, 0) is 25.5 Å². The predicted octanol–water partition coefficient (Wildman–Crippen LogP) is 1.30. The van der Waals surface area contributed by atoms with Crippen molar-refractivity contribution in [3.8, 4) is 0 Å². The van der Waals surface area contributed by atoms with Gasteiger partial charge in [-0.3, -0.25) is 14.4 Å². The van der Waals surface area contributed by atoms with E-state index < -0.39 is 17.9 Å². The van der Waals surface area contributed by atoms with E-state index in [1.807, 2.05) is 24.3 Å². The molecule has 2 atom stereocenters. The third-order valence-electron chi connectivity index (χ3n) is 5.05. The molecule has 0 aliphatic carbocycles. The number of ether oxygens (including phenoxy) is 1. The molecule has 0 bridgehead atoms. The minimum absolute atomic E-state index is 0.0735. The molecule has 1 N–H and O–H groups in total. The molecule has 7 heteroatoms. The SMILES string of the molecule is CCc1ccc(N2CC(C(=O)N3CCOCC3CC(=O)O)CC2=O)cc1. The molecule has 2 fully saturated rings. The fourth-order valence-electron chi connectivity index (χ4n) is 3.58. The van der Waals surface area contributed by atoms with Gasteiger partial charge in [-0.1, -0.05) is 19.1 Å². The average Bonchev–Trinajstić information content (AvgIpc) is 3.03. The molecule has 26 heavy (non-hydrogen) atoms. The molecule has 0 saturated carbocycles. The van der Waals surface area contributed by atoms with Crippen LogP contribution in [0.5, 0.6) is 0 Å². The highest BCUT2D eigenvalue weighted by Crippen LogP contribution is 2.28. The first kappa shape index (κ1) is 18.4. The van der Waals surface area contributed by atoms with Crippen LogP contribution in [-0.4, -0.2) is 60.1 Å². The highest BCUT2D eigenvalue weighted by atomic mass is 16.5. The van der Waals surface area contributed by atoms with Crippen LogP contribution in [0.15, 0.2) is 24.3 Å². The van der Waals surface area contributed by atoms with Crippen molar-refractivity contribution in [3.05, 3.63) is 29.8 Å². The predicted molar refractivity (Wildman–Crippen MR) is 94.9 cm³/mol. The number of rotatable bonds is 5. The van der Waals surface area contributed by atoms with E-state index in [0.29, 0.717) is 19.7 Å². The highest BCUT2D eigenvalue weighted by Gasteiger charge is 2.40. The monoisotopic (exact) mass is 360 g/mol. The van der Waals surface area contributed by atoms with Crippen LogP contribution in [0.4, 0.5) is 5.69 Å². The van der Waals surface area contributed by atoms with E-state index in [0.717, 1.165) is 12.1 Å². The van der Waals surface area contributed by atoms with Crippen molar-refractivity contribution in [1.82, 2.24) is 4.90 Å². The van der Waals surface area contributed by atoms with E-state index in [4.69, 9.17) is 9.84 Å². The lowest BCUT2D eigenvalue weighted by atomic mass is 10.0. The smallest absolute Gasteiger partial charge is 0.305 e. The van der Waals surface area contributed by atoms with E-state index >= 15 is 0 Å². The molecule has 2 saturated heterocycles. The van der Waals surface area contributed by atoms with Gasteiger partial charge in [0.2, 0.25) is 11.8 Å². The molecule has 2 amide bonds. The van der Waals surface area contributed by atoms with Gasteiger partial charge in [-0.2, -0.15) is 0 Å². The van der Waals surface area contributed by atoms with Gasteiger partial charge in [0, 0.05) is 25.2 Å².